The van der Waals surface area contributed by atoms with Crippen LogP contribution in [0.5, 0.6) is 11.5 Å². The number of methoxy groups -OCH3 is 2. The lowest BCUT2D eigenvalue weighted by atomic mass is 9.82. The van der Waals surface area contributed by atoms with Gasteiger partial charge in [-0.1, -0.05) is 12.1 Å². The van der Waals surface area contributed by atoms with Gasteiger partial charge in [0.1, 0.15) is 23.2 Å². The second-order valence-electron chi connectivity index (χ2n) is 9.41. The first-order valence-corrected chi connectivity index (χ1v) is 12.7. The number of hydrogen-bond acceptors (Lipinski definition) is 6. The highest BCUT2D eigenvalue weighted by molar-refractivity contribution is 5.91. The number of nitrogens with one attached hydrogen (secondary N) is 2. The van der Waals surface area contributed by atoms with Gasteiger partial charge in [-0.25, -0.2) is 0 Å². The van der Waals surface area contributed by atoms with Gasteiger partial charge in [-0.2, -0.15) is 0 Å². The molecule has 0 radical (unpaired) electrons. The Morgan fingerprint density at radius 2 is 1.29 bits per heavy atom. The van der Waals surface area contributed by atoms with Crippen LogP contribution in [0, 0.1) is 0 Å². The Balaban J connectivity index is 0.000000142. The van der Waals surface area contributed by atoms with E-state index >= 15 is 0 Å². The molecule has 0 saturated carbocycles. The molecule has 4 aliphatic rings. The molecule has 2 aromatic rings. The number of fused-ring (bicyclic) bond motifs is 2. The van der Waals surface area contributed by atoms with E-state index in [2.05, 4.69) is 57.0 Å². The number of rotatable bonds is 4. The molecule has 2 heterocycles. The van der Waals surface area contributed by atoms with Crippen molar-refractivity contribution in [2.24, 2.45) is 9.98 Å². The normalized spacial score (nSPS) is 22.6. The molecule has 0 aromatic heterocycles. The summed E-state index contributed by atoms with van der Waals surface area (Å²) in [5.41, 5.74) is 5.73. The van der Waals surface area contributed by atoms with Gasteiger partial charge in [-0.15, -0.1) is 0 Å². The van der Waals surface area contributed by atoms with E-state index in [0.29, 0.717) is 11.8 Å². The van der Waals surface area contributed by atoms with Crippen LogP contribution in [0.15, 0.2) is 46.4 Å². The predicted molar refractivity (Wildman–Crippen MR) is 138 cm³/mol. The van der Waals surface area contributed by atoms with Gasteiger partial charge in [0, 0.05) is 24.9 Å². The smallest absolute Gasteiger partial charge is 0.119 e. The van der Waals surface area contributed by atoms with Crippen molar-refractivity contribution in [2.75, 3.05) is 40.4 Å². The summed E-state index contributed by atoms with van der Waals surface area (Å²) in [5, 5.41) is 6.83. The van der Waals surface area contributed by atoms with Gasteiger partial charge in [0.05, 0.1) is 27.3 Å². The molecule has 0 amide bonds. The highest BCUT2D eigenvalue weighted by Gasteiger charge is 2.27. The number of benzene rings is 2. The summed E-state index contributed by atoms with van der Waals surface area (Å²) < 4.78 is 10.6. The third-order valence-electron chi connectivity index (χ3n) is 7.39. The summed E-state index contributed by atoms with van der Waals surface area (Å²) >= 11 is 0. The number of aryl methyl sites for hydroxylation is 2. The number of ether oxygens (including phenoxy) is 2. The number of aliphatic imine (C=N–C) groups is 2. The molecule has 6 rings (SSSR count). The van der Waals surface area contributed by atoms with Crippen LogP contribution in [0.1, 0.15) is 59.8 Å². The van der Waals surface area contributed by atoms with E-state index in [9.17, 15) is 0 Å². The molecule has 180 valence electrons. The highest BCUT2D eigenvalue weighted by Crippen LogP contribution is 2.36. The fourth-order valence-electron chi connectivity index (χ4n) is 5.69. The maximum Gasteiger partial charge on any atom is 0.119 e. The van der Waals surface area contributed by atoms with Crippen molar-refractivity contribution in [3.05, 3.63) is 58.7 Å². The Hall–Kier alpha value is -3.02. The number of nitrogens with zero attached hydrogens (tertiary/aromatic N) is 2. The zero-order chi connectivity index (χ0) is 23.3. The van der Waals surface area contributed by atoms with Crippen LogP contribution in [0.25, 0.3) is 0 Å². The van der Waals surface area contributed by atoms with Crippen molar-refractivity contribution in [3.8, 4) is 11.5 Å². The van der Waals surface area contributed by atoms with E-state index in [4.69, 9.17) is 9.47 Å². The molecule has 0 bridgehead atoms. The van der Waals surface area contributed by atoms with E-state index in [1.807, 2.05) is 0 Å². The molecule has 2 atom stereocenters. The SMILES string of the molecule is COc1ccc2c(c1)C(C1=NCCN1)CCC2.COc1ccc2c(c1)CCCC2C1=NCCN1. The summed E-state index contributed by atoms with van der Waals surface area (Å²) in [4.78, 5) is 9.15. The monoisotopic (exact) mass is 460 g/mol. The zero-order valence-corrected chi connectivity index (χ0v) is 20.4. The second-order valence-corrected chi connectivity index (χ2v) is 9.41. The lowest BCUT2D eigenvalue weighted by Crippen LogP contribution is -2.28. The Labute approximate surface area is 202 Å². The van der Waals surface area contributed by atoms with Crippen LogP contribution in [0.3, 0.4) is 0 Å². The second kappa shape index (κ2) is 10.5. The first kappa shape index (κ1) is 22.8. The van der Waals surface area contributed by atoms with Gasteiger partial charge >= 0.3 is 0 Å². The Kier molecular flexibility index (Phi) is 7.02. The van der Waals surface area contributed by atoms with Crippen molar-refractivity contribution < 1.29 is 9.47 Å². The molecule has 2 aliphatic heterocycles. The summed E-state index contributed by atoms with van der Waals surface area (Å²) in [6.07, 6.45) is 7.26. The van der Waals surface area contributed by atoms with Crippen LogP contribution in [0.4, 0.5) is 0 Å². The van der Waals surface area contributed by atoms with E-state index < -0.39 is 0 Å². The molecule has 6 heteroatoms. The summed E-state index contributed by atoms with van der Waals surface area (Å²) in [6.45, 7) is 3.84. The minimum Gasteiger partial charge on any atom is -0.497 e. The third-order valence-corrected chi connectivity index (χ3v) is 7.39. The highest BCUT2D eigenvalue weighted by atomic mass is 16.5. The number of amidine groups is 2. The van der Waals surface area contributed by atoms with E-state index in [1.165, 1.54) is 66.0 Å². The van der Waals surface area contributed by atoms with Crippen LogP contribution < -0.4 is 20.1 Å². The maximum absolute atomic E-state index is 5.33. The molecule has 2 aromatic carbocycles. The van der Waals surface area contributed by atoms with E-state index in [1.54, 1.807) is 14.2 Å². The van der Waals surface area contributed by atoms with Crippen LogP contribution in [-0.2, 0) is 12.8 Å². The summed E-state index contributed by atoms with van der Waals surface area (Å²) in [7, 11) is 3.45. The summed E-state index contributed by atoms with van der Waals surface area (Å²) in [6, 6.07) is 12.9. The third kappa shape index (κ3) is 4.77. The minimum absolute atomic E-state index is 0.455. The molecule has 2 aliphatic carbocycles. The van der Waals surface area contributed by atoms with Crippen LogP contribution >= 0.6 is 0 Å². The first-order chi connectivity index (χ1) is 16.8. The molecule has 0 fully saturated rings. The first-order valence-electron chi connectivity index (χ1n) is 12.7. The largest absolute Gasteiger partial charge is 0.497 e. The fraction of sp³-hybridized carbons (Fsp3) is 0.500. The van der Waals surface area contributed by atoms with E-state index in [-0.39, 0.29) is 0 Å². The van der Waals surface area contributed by atoms with Crippen LogP contribution in [-0.4, -0.2) is 52.1 Å². The van der Waals surface area contributed by atoms with Crippen LogP contribution in [0.2, 0.25) is 0 Å². The molecular formula is C28H36N4O2. The molecule has 2 N–H and O–H groups in total. The van der Waals surface area contributed by atoms with Gasteiger partial charge in [0.2, 0.25) is 0 Å². The Morgan fingerprint density at radius 3 is 1.91 bits per heavy atom. The van der Waals surface area contributed by atoms with Crippen molar-refractivity contribution in [1.29, 1.82) is 0 Å². The van der Waals surface area contributed by atoms with Gasteiger partial charge in [-0.05, 0) is 85.0 Å². The molecule has 2 unspecified atom stereocenters. The topological polar surface area (TPSA) is 67.2 Å². The Bertz CT molecular complexity index is 1080. The maximum atomic E-state index is 5.33. The van der Waals surface area contributed by atoms with Crippen molar-refractivity contribution in [3.63, 3.8) is 0 Å². The van der Waals surface area contributed by atoms with Crippen molar-refractivity contribution in [2.45, 2.75) is 50.4 Å². The zero-order valence-electron chi connectivity index (χ0n) is 20.4. The molecule has 0 saturated heterocycles. The van der Waals surface area contributed by atoms with E-state index in [0.717, 1.165) is 44.1 Å². The average molecular weight is 461 g/mol. The van der Waals surface area contributed by atoms with Gasteiger partial charge in [0.25, 0.3) is 0 Å². The van der Waals surface area contributed by atoms with Gasteiger partial charge < -0.3 is 20.1 Å². The fourth-order valence-corrected chi connectivity index (χ4v) is 5.69. The Morgan fingerprint density at radius 1 is 0.706 bits per heavy atom. The standard InChI is InChI=1S/2C14H18N2O/c1-17-11-5-6-12-10(9-11)3-2-4-13(12)14-15-7-8-16-14;1-17-11-6-5-10-3-2-4-12(13(10)9-11)14-15-7-8-16-14/h5-6,9,13H,2-4,7-8H2,1H3,(H,15,16);5-6,9,12H,2-4,7-8H2,1H3,(H,15,16). The van der Waals surface area contributed by atoms with Crippen molar-refractivity contribution in [1.82, 2.24) is 10.6 Å². The lowest BCUT2D eigenvalue weighted by Gasteiger charge is -2.26. The number of hydrogen-bond donors (Lipinski definition) is 2. The van der Waals surface area contributed by atoms with Gasteiger partial charge in [-0.3, -0.25) is 9.98 Å². The average Bonchev–Trinajstić information content (AvgIpc) is 3.63. The summed E-state index contributed by atoms with van der Waals surface area (Å²) in [5.74, 6) is 5.22. The molecule has 0 spiro atoms. The van der Waals surface area contributed by atoms with Gasteiger partial charge in [0.15, 0.2) is 0 Å². The molecule has 6 nitrogen and oxygen atoms in total. The molecule has 34 heavy (non-hydrogen) atoms. The quantitative estimate of drug-likeness (QED) is 0.717. The van der Waals surface area contributed by atoms with Crippen molar-refractivity contribution >= 4 is 11.7 Å². The lowest BCUT2D eigenvalue weighted by molar-refractivity contribution is 0.413. The predicted octanol–water partition coefficient (Wildman–Crippen LogP) is 4.23. The molecular weight excluding hydrogens is 424 g/mol. The minimum atomic E-state index is 0.455.